The van der Waals surface area contributed by atoms with E-state index in [1.54, 1.807) is 0 Å². The van der Waals surface area contributed by atoms with E-state index in [0.717, 1.165) is 13.1 Å². The van der Waals surface area contributed by atoms with Crippen molar-refractivity contribution in [3.63, 3.8) is 0 Å². The van der Waals surface area contributed by atoms with Gasteiger partial charge in [0.1, 0.15) is 0 Å². The molecular formula is C12H20ClN5. The zero-order chi connectivity index (χ0) is 13.0. The average Bonchev–Trinajstić information content (AvgIpc) is 2.53. The van der Waals surface area contributed by atoms with E-state index < -0.39 is 0 Å². The van der Waals surface area contributed by atoms with Crippen molar-refractivity contribution in [3.8, 4) is 0 Å². The lowest BCUT2D eigenvalue weighted by Gasteiger charge is -2.27. The predicted molar refractivity (Wildman–Crippen MR) is 74.3 cm³/mol. The maximum absolute atomic E-state index is 5.96. The molecule has 1 saturated heterocycles. The zero-order valence-electron chi connectivity index (χ0n) is 11.0. The average molecular weight is 270 g/mol. The lowest BCUT2D eigenvalue weighted by molar-refractivity contribution is 0.604. The number of nitrogens with one attached hydrogen (secondary N) is 1. The molecule has 0 spiro atoms. The van der Waals surface area contributed by atoms with Gasteiger partial charge in [-0.2, -0.15) is 15.0 Å². The Bertz CT molecular complexity index is 398. The van der Waals surface area contributed by atoms with Gasteiger partial charge >= 0.3 is 0 Å². The summed E-state index contributed by atoms with van der Waals surface area (Å²) < 4.78 is 0. The minimum absolute atomic E-state index is 0.257. The van der Waals surface area contributed by atoms with Crippen molar-refractivity contribution in [2.24, 2.45) is 0 Å². The lowest BCUT2D eigenvalue weighted by atomic mass is 10.1. The van der Waals surface area contributed by atoms with Gasteiger partial charge in [-0.15, -0.1) is 0 Å². The van der Waals surface area contributed by atoms with Crippen LogP contribution in [-0.2, 0) is 0 Å². The monoisotopic (exact) mass is 269 g/mol. The fourth-order valence-corrected chi connectivity index (χ4v) is 2.43. The Kier molecular flexibility index (Phi) is 4.58. The van der Waals surface area contributed by atoms with Crippen molar-refractivity contribution in [2.45, 2.75) is 45.6 Å². The molecule has 0 aromatic carbocycles. The highest BCUT2D eigenvalue weighted by molar-refractivity contribution is 6.28. The van der Waals surface area contributed by atoms with Crippen molar-refractivity contribution in [2.75, 3.05) is 23.3 Å². The summed E-state index contributed by atoms with van der Waals surface area (Å²) in [5, 5.41) is 3.34. The number of hydrogen-bond donors (Lipinski definition) is 1. The van der Waals surface area contributed by atoms with Crippen LogP contribution < -0.4 is 10.2 Å². The second kappa shape index (κ2) is 6.18. The van der Waals surface area contributed by atoms with Crippen LogP contribution in [0, 0.1) is 0 Å². The van der Waals surface area contributed by atoms with Crippen LogP contribution in [-0.4, -0.2) is 34.1 Å². The van der Waals surface area contributed by atoms with Gasteiger partial charge in [-0.05, 0) is 38.3 Å². The van der Waals surface area contributed by atoms with Gasteiger partial charge in [0.15, 0.2) is 0 Å². The predicted octanol–water partition coefficient (Wildman–Crippen LogP) is 2.73. The molecule has 1 N–H and O–H groups in total. The summed E-state index contributed by atoms with van der Waals surface area (Å²) in [5.74, 6) is 1.25. The molecule has 0 aliphatic carbocycles. The number of halogens is 1. The first-order valence-corrected chi connectivity index (χ1v) is 7.00. The maximum Gasteiger partial charge on any atom is 0.231 e. The van der Waals surface area contributed by atoms with Gasteiger partial charge in [0.25, 0.3) is 0 Å². The van der Waals surface area contributed by atoms with Crippen molar-refractivity contribution in [3.05, 3.63) is 5.28 Å². The molecule has 1 aromatic heterocycles. The van der Waals surface area contributed by atoms with Crippen molar-refractivity contribution < 1.29 is 0 Å². The Hall–Kier alpha value is -1.10. The number of rotatable bonds is 3. The molecule has 18 heavy (non-hydrogen) atoms. The highest BCUT2D eigenvalue weighted by Gasteiger charge is 2.20. The molecule has 2 heterocycles. The van der Waals surface area contributed by atoms with Crippen LogP contribution in [0.15, 0.2) is 0 Å². The first kappa shape index (κ1) is 13.3. The van der Waals surface area contributed by atoms with Crippen molar-refractivity contribution >= 4 is 23.5 Å². The van der Waals surface area contributed by atoms with Crippen LogP contribution in [0.25, 0.3) is 0 Å². The highest BCUT2D eigenvalue weighted by atomic mass is 35.5. The molecule has 5 nitrogen and oxygen atoms in total. The molecule has 1 aliphatic heterocycles. The van der Waals surface area contributed by atoms with Gasteiger partial charge in [-0.3, -0.25) is 0 Å². The molecule has 1 atom stereocenters. The molecule has 0 bridgehead atoms. The quantitative estimate of drug-likeness (QED) is 0.914. The third-order valence-electron chi connectivity index (χ3n) is 3.24. The van der Waals surface area contributed by atoms with E-state index in [9.17, 15) is 0 Å². The molecule has 0 radical (unpaired) electrons. The van der Waals surface area contributed by atoms with Crippen LogP contribution in [0.2, 0.25) is 5.28 Å². The summed E-state index contributed by atoms with van der Waals surface area (Å²) in [5.41, 5.74) is 0. The van der Waals surface area contributed by atoms with E-state index in [2.05, 4.69) is 32.1 Å². The molecule has 1 aliphatic rings. The van der Waals surface area contributed by atoms with Crippen LogP contribution in [0.1, 0.15) is 39.5 Å². The topological polar surface area (TPSA) is 53.9 Å². The second-order valence-electron chi connectivity index (χ2n) is 4.65. The van der Waals surface area contributed by atoms with Crippen molar-refractivity contribution in [1.29, 1.82) is 0 Å². The van der Waals surface area contributed by atoms with Crippen LogP contribution in [0.3, 0.4) is 0 Å². The molecule has 0 amide bonds. The van der Waals surface area contributed by atoms with E-state index in [1.165, 1.54) is 25.7 Å². The molecule has 0 saturated carbocycles. The van der Waals surface area contributed by atoms with E-state index in [4.69, 9.17) is 11.6 Å². The molecular weight excluding hydrogens is 250 g/mol. The van der Waals surface area contributed by atoms with Gasteiger partial charge in [0.05, 0.1) is 0 Å². The Morgan fingerprint density at radius 1 is 1.28 bits per heavy atom. The molecule has 100 valence electrons. The third-order valence-corrected chi connectivity index (χ3v) is 3.41. The van der Waals surface area contributed by atoms with Gasteiger partial charge in [0.2, 0.25) is 17.2 Å². The minimum Gasteiger partial charge on any atom is -0.354 e. The number of hydrogen-bond acceptors (Lipinski definition) is 5. The molecule has 1 fully saturated rings. The Morgan fingerprint density at radius 3 is 2.89 bits per heavy atom. The van der Waals surface area contributed by atoms with Gasteiger partial charge < -0.3 is 10.2 Å². The standard InChI is InChI=1S/C12H20ClN5/c1-3-14-11-15-10(13)16-12(17-11)18-8-6-4-5-7-9(18)2/h9H,3-8H2,1-2H3,(H,14,15,16,17). The van der Waals surface area contributed by atoms with E-state index in [-0.39, 0.29) is 5.28 Å². The normalized spacial score (nSPS) is 20.6. The summed E-state index contributed by atoms with van der Waals surface area (Å²) in [7, 11) is 0. The molecule has 1 unspecified atom stereocenters. The summed E-state index contributed by atoms with van der Waals surface area (Å²) in [6.07, 6.45) is 4.92. The lowest BCUT2D eigenvalue weighted by Crippen LogP contribution is -2.34. The summed E-state index contributed by atoms with van der Waals surface area (Å²) in [6, 6.07) is 0.459. The summed E-state index contributed by atoms with van der Waals surface area (Å²) >= 11 is 5.96. The second-order valence-corrected chi connectivity index (χ2v) is 4.99. The molecule has 1 aromatic rings. The SMILES string of the molecule is CCNc1nc(Cl)nc(N2CCCCCC2C)n1. The summed E-state index contributed by atoms with van der Waals surface area (Å²) in [4.78, 5) is 15.0. The minimum atomic E-state index is 0.257. The zero-order valence-corrected chi connectivity index (χ0v) is 11.7. The largest absolute Gasteiger partial charge is 0.354 e. The van der Waals surface area contributed by atoms with E-state index >= 15 is 0 Å². The Morgan fingerprint density at radius 2 is 2.11 bits per heavy atom. The Balaban J connectivity index is 2.24. The number of aromatic nitrogens is 3. The highest BCUT2D eigenvalue weighted by Crippen LogP contribution is 2.22. The van der Waals surface area contributed by atoms with Gasteiger partial charge in [0, 0.05) is 19.1 Å². The van der Waals surface area contributed by atoms with Crippen LogP contribution in [0.4, 0.5) is 11.9 Å². The van der Waals surface area contributed by atoms with Gasteiger partial charge in [-0.1, -0.05) is 12.8 Å². The summed E-state index contributed by atoms with van der Waals surface area (Å²) in [6.45, 7) is 5.99. The van der Waals surface area contributed by atoms with Crippen LogP contribution >= 0.6 is 11.6 Å². The fraction of sp³-hybridized carbons (Fsp3) is 0.750. The van der Waals surface area contributed by atoms with E-state index in [0.29, 0.717) is 17.9 Å². The van der Waals surface area contributed by atoms with Crippen LogP contribution in [0.5, 0.6) is 0 Å². The fourth-order valence-electron chi connectivity index (χ4n) is 2.28. The first-order valence-electron chi connectivity index (χ1n) is 6.62. The Labute approximate surface area is 113 Å². The first-order chi connectivity index (χ1) is 8.70. The maximum atomic E-state index is 5.96. The van der Waals surface area contributed by atoms with Crippen molar-refractivity contribution in [1.82, 2.24) is 15.0 Å². The molecule has 2 rings (SSSR count). The van der Waals surface area contributed by atoms with E-state index in [1.807, 2.05) is 6.92 Å². The molecule has 6 heteroatoms. The smallest absolute Gasteiger partial charge is 0.231 e. The van der Waals surface area contributed by atoms with Gasteiger partial charge in [-0.25, -0.2) is 0 Å². The number of nitrogens with zero attached hydrogens (tertiary/aromatic N) is 4. The number of anilines is 2. The third kappa shape index (κ3) is 3.22.